The molecule has 2 rings (SSSR count). The van der Waals surface area contributed by atoms with Crippen LogP contribution in [0.1, 0.15) is 32.6 Å². The molecule has 0 radical (unpaired) electrons. The number of ether oxygens (including phenoxy) is 1. The van der Waals surface area contributed by atoms with Crippen LogP contribution in [0.5, 0.6) is 5.75 Å². The molecule has 5 heteroatoms. The number of amides is 1. The van der Waals surface area contributed by atoms with Gasteiger partial charge in [-0.25, -0.2) is 0 Å². The van der Waals surface area contributed by atoms with E-state index in [2.05, 4.69) is 5.32 Å². The average Bonchev–Trinajstić information content (AvgIpc) is 2.86. The van der Waals surface area contributed by atoms with E-state index < -0.39 is 6.10 Å². The number of hydrogen-bond donors (Lipinski definition) is 2. The summed E-state index contributed by atoms with van der Waals surface area (Å²) in [4.78, 5) is 12.0. The molecule has 0 aromatic heterocycles. The second-order valence-corrected chi connectivity index (χ2v) is 5.37. The zero-order chi connectivity index (χ0) is 13.8. The number of halogens is 1. The molecule has 1 fully saturated rings. The van der Waals surface area contributed by atoms with Crippen molar-refractivity contribution in [1.29, 1.82) is 0 Å². The third kappa shape index (κ3) is 3.77. The van der Waals surface area contributed by atoms with Crippen LogP contribution in [-0.2, 0) is 4.79 Å². The van der Waals surface area contributed by atoms with Gasteiger partial charge in [-0.2, -0.15) is 0 Å². The smallest absolute Gasteiger partial charge is 0.260 e. The van der Waals surface area contributed by atoms with Crippen molar-refractivity contribution in [3.05, 3.63) is 23.2 Å². The van der Waals surface area contributed by atoms with Crippen molar-refractivity contribution in [3.8, 4) is 5.75 Å². The zero-order valence-electron chi connectivity index (χ0n) is 11.0. The quantitative estimate of drug-likeness (QED) is 0.835. The number of anilines is 1. The van der Waals surface area contributed by atoms with Crippen molar-refractivity contribution in [1.82, 2.24) is 5.32 Å². The number of nitrogen functional groups attached to an aromatic ring is 1. The first-order valence-electron chi connectivity index (χ1n) is 6.58. The van der Waals surface area contributed by atoms with Crippen LogP contribution >= 0.6 is 11.6 Å². The topological polar surface area (TPSA) is 64.3 Å². The maximum Gasteiger partial charge on any atom is 0.260 e. The van der Waals surface area contributed by atoms with Crippen LogP contribution in [0.15, 0.2) is 18.2 Å². The maximum atomic E-state index is 12.0. The van der Waals surface area contributed by atoms with Gasteiger partial charge in [0.1, 0.15) is 5.75 Å². The fraction of sp³-hybridized carbons (Fsp3) is 0.500. The molecular formula is C14H19ClN2O2. The Morgan fingerprint density at radius 1 is 1.47 bits per heavy atom. The molecule has 1 aliphatic rings. The Morgan fingerprint density at radius 2 is 2.16 bits per heavy atom. The van der Waals surface area contributed by atoms with Crippen LogP contribution in [0.3, 0.4) is 0 Å². The molecule has 3 N–H and O–H groups in total. The number of hydrogen-bond acceptors (Lipinski definition) is 3. The third-order valence-corrected chi connectivity index (χ3v) is 3.59. The Bertz CT molecular complexity index is 459. The molecule has 1 aromatic carbocycles. The van der Waals surface area contributed by atoms with Crippen LogP contribution in [-0.4, -0.2) is 18.1 Å². The van der Waals surface area contributed by atoms with Crippen molar-refractivity contribution in [2.24, 2.45) is 0 Å². The molecule has 104 valence electrons. The molecule has 1 aromatic rings. The van der Waals surface area contributed by atoms with E-state index in [4.69, 9.17) is 22.1 Å². The molecule has 1 amide bonds. The van der Waals surface area contributed by atoms with E-state index in [9.17, 15) is 4.79 Å². The van der Waals surface area contributed by atoms with E-state index in [1.54, 1.807) is 25.1 Å². The molecule has 19 heavy (non-hydrogen) atoms. The lowest BCUT2D eigenvalue weighted by molar-refractivity contribution is -0.127. The summed E-state index contributed by atoms with van der Waals surface area (Å²) in [6.07, 6.45) is 3.89. The molecular weight excluding hydrogens is 264 g/mol. The molecule has 4 nitrogen and oxygen atoms in total. The molecule has 0 spiro atoms. The van der Waals surface area contributed by atoms with Gasteiger partial charge >= 0.3 is 0 Å². The minimum atomic E-state index is -0.582. The molecule has 1 atom stereocenters. The minimum absolute atomic E-state index is 0.105. The van der Waals surface area contributed by atoms with E-state index in [0.717, 1.165) is 12.8 Å². The Morgan fingerprint density at radius 3 is 2.84 bits per heavy atom. The predicted molar refractivity (Wildman–Crippen MR) is 76.4 cm³/mol. The maximum absolute atomic E-state index is 12.0. The van der Waals surface area contributed by atoms with E-state index >= 15 is 0 Å². The van der Waals surface area contributed by atoms with Crippen molar-refractivity contribution < 1.29 is 9.53 Å². The highest BCUT2D eigenvalue weighted by Gasteiger charge is 2.22. The van der Waals surface area contributed by atoms with Crippen LogP contribution < -0.4 is 15.8 Å². The van der Waals surface area contributed by atoms with Crippen LogP contribution in [0.4, 0.5) is 5.69 Å². The highest BCUT2D eigenvalue weighted by molar-refractivity contribution is 6.30. The number of carbonyl (C=O) groups is 1. The number of carbonyl (C=O) groups excluding carboxylic acids is 1. The second kappa shape index (κ2) is 6.15. The summed E-state index contributed by atoms with van der Waals surface area (Å²) in [5.74, 6) is 0.341. The molecule has 0 aliphatic heterocycles. The monoisotopic (exact) mass is 282 g/mol. The highest BCUT2D eigenvalue weighted by Crippen LogP contribution is 2.26. The Labute approximate surface area is 118 Å². The van der Waals surface area contributed by atoms with Gasteiger partial charge in [0.2, 0.25) is 0 Å². The molecule has 1 unspecified atom stereocenters. The lowest BCUT2D eigenvalue weighted by atomic mass is 10.2. The first-order valence-corrected chi connectivity index (χ1v) is 6.96. The Balaban J connectivity index is 1.93. The molecule has 0 heterocycles. The van der Waals surface area contributed by atoms with Crippen molar-refractivity contribution >= 4 is 23.2 Å². The first kappa shape index (κ1) is 14.0. The van der Waals surface area contributed by atoms with Gasteiger partial charge < -0.3 is 15.8 Å². The Kier molecular flexibility index (Phi) is 4.53. The summed E-state index contributed by atoms with van der Waals surface area (Å²) in [6, 6.07) is 5.26. The largest absolute Gasteiger partial charge is 0.479 e. The molecule has 1 saturated carbocycles. The summed E-state index contributed by atoms with van der Waals surface area (Å²) in [7, 11) is 0. The fourth-order valence-electron chi connectivity index (χ4n) is 2.24. The highest BCUT2D eigenvalue weighted by atomic mass is 35.5. The normalized spacial score (nSPS) is 17.2. The summed E-state index contributed by atoms with van der Waals surface area (Å²) < 4.78 is 5.58. The van der Waals surface area contributed by atoms with Gasteiger partial charge in [-0.1, -0.05) is 24.4 Å². The third-order valence-electron chi connectivity index (χ3n) is 3.35. The summed E-state index contributed by atoms with van der Waals surface area (Å²) >= 11 is 5.88. The summed E-state index contributed by atoms with van der Waals surface area (Å²) in [6.45, 7) is 1.71. The number of rotatable bonds is 4. The van der Waals surface area contributed by atoms with E-state index in [-0.39, 0.29) is 11.9 Å². The zero-order valence-corrected chi connectivity index (χ0v) is 11.7. The van der Waals surface area contributed by atoms with Crippen molar-refractivity contribution in [2.75, 3.05) is 5.73 Å². The average molecular weight is 283 g/mol. The number of nitrogens with one attached hydrogen (secondary N) is 1. The lowest BCUT2D eigenvalue weighted by Gasteiger charge is -2.18. The molecule has 0 saturated heterocycles. The van der Waals surface area contributed by atoms with E-state index in [0.29, 0.717) is 16.5 Å². The van der Waals surface area contributed by atoms with Gasteiger partial charge in [-0.3, -0.25) is 4.79 Å². The van der Waals surface area contributed by atoms with Gasteiger partial charge in [0.05, 0.1) is 5.69 Å². The van der Waals surface area contributed by atoms with E-state index in [1.165, 1.54) is 12.8 Å². The predicted octanol–water partition coefficient (Wildman–Crippen LogP) is 2.75. The lowest BCUT2D eigenvalue weighted by Crippen LogP contribution is -2.41. The van der Waals surface area contributed by atoms with Gasteiger partial charge in [-0.05, 0) is 31.9 Å². The van der Waals surface area contributed by atoms with Gasteiger partial charge in [0, 0.05) is 17.1 Å². The van der Waals surface area contributed by atoms with Gasteiger partial charge in [-0.15, -0.1) is 0 Å². The van der Waals surface area contributed by atoms with Crippen molar-refractivity contribution in [2.45, 2.75) is 44.8 Å². The fourth-order valence-corrected chi connectivity index (χ4v) is 2.41. The molecule has 0 bridgehead atoms. The SMILES string of the molecule is CC(Oc1cc(Cl)ccc1N)C(=O)NC1CCCC1. The molecule has 1 aliphatic carbocycles. The first-order chi connectivity index (χ1) is 9.06. The minimum Gasteiger partial charge on any atom is -0.479 e. The summed E-state index contributed by atoms with van der Waals surface area (Å²) in [5, 5.41) is 3.53. The summed E-state index contributed by atoms with van der Waals surface area (Å²) in [5.41, 5.74) is 6.26. The van der Waals surface area contributed by atoms with Gasteiger partial charge in [0.15, 0.2) is 6.10 Å². The van der Waals surface area contributed by atoms with Crippen LogP contribution in [0.25, 0.3) is 0 Å². The van der Waals surface area contributed by atoms with Crippen molar-refractivity contribution in [3.63, 3.8) is 0 Å². The number of nitrogens with two attached hydrogens (primary N) is 1. The number of benzene rings is 1. The van der Waals surface area contributed by atoms with Gasteiger partial charge in [0.25, 0.3) is 5.91 Å². The second-order valence-electron chi connectivity index (χ2n) is 4.93. The van der Waals surface area contributed by atoms with E-state index in [1.807, 2.05) is 0 Å². The van der Waals surface area contributed by atoms with Crippen LogP contribution in [0, 0.1) is 0 Å². The van der Waals surface area contributed by atoms with Crippen LogP contribution in [0.2, 0.25) is 5.02 Å². The standard InChI is InChI=1S/C14H19ClN2O2/c1-9(14(18)17-11-4-2-3-5-11)19-13-8-10(15)6-7-12(13)16/h6-9,11H,2-5,16H2,1H3,(H,17,18). The Hall–Kier alpha value is -1.42.